The Bertz CT molecular complexity index is 963. The molecule has 30 heavy (non-hydrogen) atoms. The lowest BCUT2D eigenvalue weighted by atomic mass is 10.2. The van der Waals surface area contributed by atoms with E-state index in [1.807, 2.05) is 31.2 Å². The summed E-state index contributed by atoms with van der Waals surface area (Å²) in [4.78, 5) is 12.2. The molecule has 0 atom stereocenters. The highest BCUT2D eigenvalue weighted by atomic mass is 35.5. The minimum atomic E-state index is -0.310. The normalized spacial score (nSPS) is 14.6. The molecule has 0 spiro atoms. The van der Waals surface area contributed by atoms with Crippen molar-refractivity contribution < 1.29 is 23.7 Å². The van der Waals surface area contributed by atoms with Crippen molar-refractivity contribution in [2.24, 2.45) is 0 Å². The molecular formula is C21H21ClN2O5S. The van der Waals surface area contributed by atoms with E-state index >= 15 is 0 Å². The first-order chi connectivity index (χ1) is 14.5. The Morgan fingerprint density at radius 1 is 1.10 bits per heavy atom. The zero-order valence-corrected chi connectivity index (χ0v) is 18.1. The van der Waals surface area contributed by atoms with Crippen LogP contribution < -0.4 is 24.3 Å². The molecule has 158 valence electrons. The molecule has 1 aliphatic rings. The average Bonchev–Trinajstić information content (AvgIpc) is 3.04. The summed E-state index contributed by atoms with van der Waals surface area (Å²) < 4.78 is 22.3. The summed E-state index contributed by atoms with van der Waals surface area (Å²) in [5, 5.41) is 10.4. The third kappa shape index (κ3) is 5.61. The Labute approximate surface area is 183 Å². The van der Waals surface area contributed by atoms with Crippen LogP contribution in [0.2, 0.25) is 5.02 Å². The van der Waals surface area contributed by atoms with Gasteiger partial charge in [0.1, 0.15) is 24.7 Å². The lowest BCUT2D eigenvalue weighted by molar-refractivity contribution is -0.115. The molecular weight excluding hydrogens is 428 g/mol. The van der Waals surface area contributed by atoms with Gasteiger partial charge in [0.2, 0.25) is 0 Å². The molecule has 1 fully saturated rings. The van der Waals surface area contributed by atoms with Gasteiger partial charge in [0.05, 0.1) is 23.6 Å². The van der Waals surface area contributed by atoms with Crippen LogP contribution >= 0.6 is 23.4 Å². The molecule has 0 radical (unpaired) electrons. The van der Waals surface area contributed by atoms with Crippen LogP contribution in [0.5, 0.6) is 23.0 Å². The van der Waals surface area contributed by atoms with Crippen LogP contribution in [0.4, 0.5) is 0 Å². The summed E-state index contributed by atoms with van der Waals surface area (Å²) >= 11 is 7.47. The zero-order valence-electron chi connectivity index (χ0n) is 16.5. The number of thioether (sulfide) groups is 1. The van der Waals surface area contributed by atoms with Crippen molar-refractivity contribution in [3.05, 3.63) is 51.9 Å². The maximum absolute atomic E-state index is 11.8. The summed E-state index contributed by atoms with van der Waals surface area (Å²) in [6.45, 7) is 2.87. The average molecular weight is 449 g/mol. The highest BCUT2D eigenvalue weighted by Crippen LogP contribution is 2.38. The molecule has 0 unspecified atom stereocenters. The van der Waals surface area contributed by atoms with Gasteiger partial charge in [-0.25, -0.2) is 0 Å². The number of benzene rings is 2. The van der Waals surface area contributed by atoms with Gasteiger partial charge < -0.3 is 24.3 Å². The largest absolute Gasteiger partial charge is 0.497 e. The molecule has 2 aromatic rings. The molecule has 2 aromatic carbocycles. The Morgan fingerprint density at radius 3 is 2.43 bits per heavy atom. The number of carbonyl (C=O) groups is 1. The number of amidine groups is 1. The molecule has 1 amide bonds. The van der Waals surface area contributed by atoms with E-state index in [4.69, 9.17) is 36.0 Å². The van der Waals surface area contributed by atoms with Gasteiger partial charge in [-0.05, 0) is 66.7 Å². The smallest absolute Gasteiger partial charge is 0.264 e. The Morgan fingerprint density at radius 2 is 1.80 bits per heavy atom. The van der Waals surface area contributed by atoms with Crippen LogP contribution in [0.25, 0.3) is 6.08 Å². The van der Waals surface area contributed by atoms with E-state index in [9.17, 15) is 4.79 Å². The molecule has 7 nitrogen and oxygen atoms in total. The van der Waals surface area contributed by atoms with Gasteiger partial charge in [-0.15, -0.1) is 0 Å². The summed E-state index contributed by atoms with van der Waals surface area (Å²) in [7, 11) is 1.61. The lowest BCUT2D eigenvalue weighted by Crippen LogP contribution is -2.18. The molecule has 3 rings (SSSR count). The van der Waals surface area contributed by atoms with Crippen molar-refractivity contribution in [3.63, 3.8) is 0 Å². The van der Waals surface area contributed by atoms with E-state index in [0.29, 0.717) is 46.0 Å². The fourth-order valence-electron chi connectivity index (χ4n) is 2.64. The fourth-order valence-corrected chi connectivity index (χ4v) is 3.62. The maximum Gasteiger partial charge on any atom is 0.264 e. The summed E-state index contributed by atoms with van der Waals surface area (Å²) in [6.07, 6.45) is 1.66. The number of hydrogen-bond donors (Lipinski definition) is 2. The number of amides is 1. The second-order valence-corrected chi connectivity index (χ2v) is 7.49. The number of carbonyl (C=O) groups excluding carboxylic acids is 1. The number of rotatable bonds is 9. The highest BCUT2D eigenvalue weighted by Gasteiger charge is 2.22. The highest BCUT2D eigenvalue weighted by molar-refractivity contribution is 8.18. The third-order valence-corrected chi connectivity index (χ3v) is 5.06. The van der Waals surface area contributed by atoms with Crippen LogP contribution in [-0.4, -0.2) is 38.0 Å². The lowest BCUT2D eigenvalue weighted by Gasteiger charge is -2.15. The van der Waals surface area contributed by atoms with Crippen LogP contribution in [0.3, 0.4) is 0 Å². The van der Waals surface area contributed by atoms with E-state index in [-0.39, 0.29) is 17.7 Å². The predicted molar refractivity (Wildman–Crippen MR) is 118 cm³/mol. The summed E-state index contributed by atoms with van der Waals surface area (Å²) in [6, 6.07) is 10.7. The second-order valence-electron chi connectivity index (χ2n) is 6.03. The molecule has 0 bridgehead atoms. The van der Waals surface area contributed by atoms with Gasteiger partial charge in [0.15, 0.2) is 16.7 Å². The van der Waals surface area contributed by atoms with Gasteiger partial charge in [-0.2, -0.15) is 0 Å². The standard InChI is InChI=1S/C21H21ClN2O5S/c1-3-27-17-11-13(12-18-20(25)24-21(23)30-18)10-16(22)19(17)29-9-8-28-15-6-4-14(26-2)5-7-15/h4-7,10-12H,3,8-9H2,1-2H3,(H2,23,24,25). The van der Waals surface area contributed by atoms with Crippen LogP contribution in [0.15, 0.2) is 41.3 Å². The first-order valence-electron chi connectivity index (χ1n) is 9.15. The maximum atomic E-state index is 11.8. The van der Waals surface area contributed by atoms with Crippen molar-refractivity contribution in [2.75, 3.05) is 26.9 Å². The minimum absolute atomic E-state index is 0.0965. The molecule has 1 heterocycles. The van der Waals surface area contributed by atoms with Gasteiger partial charge in [-0.1, -0.05) is 11.6 Å². The Balaban J connectivity index is 1.67. The molecule has 1 aliphatic heterocycles. The van der Waals surface area contributed by atoms with Crippen LogP contribution in [0.1, 0.15) is 12.5 Å². The number of nitrogens with one attached hydrogen (secondary N) is 2. The molecule has 1 saturated heterocycles. The summed E-state index contributed by atoms with van der Waals surface area (Å²) in [5.41, 5.74) is 0.678. The molecule has 9 heteroatoms. The predicted octanol–water partition coefficient (Wildman–Crippen LogP) is 4.34. The third-order valence-electron chi connectivity index (χ3n) is 3.95. The van der Waals surface area contributed by atoms with Crippen LogP contribution in [0, 0.1) is 5.41 Å². The monoisotopic (exact) mass is 448 g/mol. The Hall–Kier alpha value is -2.84. The number of methoxy groups -OCH3 is 1. The van der Waals surface area contributed by atoms with E-state index < -0.39 is 0 Å². The molecule has 2 N–H and O–H groups in total. The second kappa shape index (κ2) is 10.3. The van der Waals surface area contributed by atoms with E-state index in [1.54, 1.807) is 25.3 Å². The van der Waals surface area contributed by atoms with E-state index in [1.165, 1.54) is 0 Å². The van der Waals surface area contributed by atoms with Crippen molar-refractivity contribution in [2.45, 2.75) is 6.92 Å². The van der Waals surface area contributed by atoms with Crippen molar-refractivity contribution in [1.29, 1.82) is 5.41 Å². The molecule has 0 aliphatic carbocycles. The van der Waals surface area contributed by atoms with Gasteiger partial charge in [-0.3, -0.25) is 10.2 Å². The zero-order chi connectivity index (χ0) is 21.5. The minimum Gasteiger partial charge on any atom is -0.497 e. The first-order valence-corrected chi connectivity index (χ1v) is 10.3. The molecule has 0 saturated carbocycles. The Kier molecular flexibility index (Phi) is 7.48. The quantitative estimate of drug-likeness (QED) is 0.438. The van der Waals surface area contributed by atoms with Crippen LogP contribution in [-0.2, 0) is 4.79 Å². The van der Waals surface area contributed by atoms with Crippen molar-refractivity contribution >= 4 is 40.5 Å². The topological polar surface area (TPSA) is 89.9 Å². The van der Waals surface area contributed by atoms with Gasteiger partial charge >= 0.3 is 0 Å². The van der Waals surface area contributed by atoms with E-state index in [2.05, 4.69) is 5.32 Å². The SMILES string of the molecule is CCOc1cc(C=C2SC(=N)NC2=O)cc(Cl)c1OCCOc1ccc(OC)cc1. The molecule has 0 aromatic heterocycles. The fraction of sp³-hybridized carbons (Fsp3) is 0.238. The van der Waals surface area contributed by atoms with Gasteiger partial charge in [0.25, 0.3) is 5.91 Å². The van der Waals surface area contributed by atoms with E-state index in [0.717, 1.165) is 17.5 Å². The van der Waals surface area contributed by atoms with Crippen molar-refractivity contribution in [3.8, 4) is 23.0 Å². The number of hydrogen-bond acceptors (Lipinski definition) is 7. The van der Waals surface area contributed by atoms with Gasteiger partial charge in [0, 0.05) is 0 Å². The van der Waals surface area contributed by atoms with Crippen molar-refractivity contribution in [1.82, 2.24) is 5.32 Å². The summed E-state index contributed by atoms with van der Waals surface area (Å²) in [5.74, 6) is 2.03. The number of halogens is 1. The number of ether oxygens (including phenoxy) is 4. The first kappa shape index (κ1) is 21.9.